The van der Waals surface area contributed by atoms with Crippen molar-refractivity contribution in [3.05, 3.63) is 21.9 Å². The second-order valence-corrected chi connectivity index (χ2v) is 5.67. The maximum Gasteiger partial charge on any atom is 0.360 e. The minimum absolute atomic E-state index is 0.103. The second kappa shape index (κ2) is 4.61. The molecule has 1 N–H and O–H groups in total. The van der Waals surface area contributed by atoms with Crippen LogP contribution >= 0.6 is 0 Å². The Kier molecular flexibility index (Phi) is 3.03. The van der Waals surface area contributed by atoms with Crippen LogP contribution in [0, 0.1) is 0 Å². The molecular weight excluding hydrogens is 260 g/mol. The number of carbonyl (C=O) groups excluding carboxylic acids is 1. The van der Waals surface area contributed by atoms with E-state index in [1.165, 1.54) is 11.7 Å². The third-order valence-corrected chi connectivity index (χ3v) is 4.60. The summed E-state index contributed by atoms with van der Waals surface area (Å²) in [6.45, 7) is 0.554. The molecule has 3 rings (SSSR count). The SMILES string of the molecule is COC(=O)c1nc2n(c(=O)c1O)CCCC21CCCC1. The molecule has 1 spiro atoms. The molecule has 108 valence electrons. The second-order valence-electron chi connectivity index (χ2n) is 5.67. The molecule has 0 amide bonds. The van der Waals surface area contributed by atoms with E-state index in [0.717, 1.165) is 38.5 Å². The van der Waals surface area contributed by atoms with Gasteiger partial charge in [-0.25, -0.2) is 9.78 Å². The molecule has 0 atom stereocenters. The average molecular weight is 278 g/mol. The van der Waals surface area contributed by atoms with Gasteiger partial charge in [0.2, 0.25) is 5.75 Å². The number of aromatic hydroxyl groups is 1. The van der Waals surface area contributed by atoms with Crippen molar-refractivity contribution in [1.82, 2.24) is 9.55 Å². The van der Waals surface area contributed by atoms with E-state index in [-0.39, 0.29) is 11.1 Å². The van der Waals surface area contributed by atoms with Crippen molar-refractivity contribution < 1.29 is 14.6 Å². The molecule has 2 heterocycles. The van der Waals surface area contributed by atoms with Gasteiger partial charge in [-0.15, -0.1) is 0 Å². The van der Waals surface area contributed by atoms with Crippen molar-refractivity contribution in [2.24, 2.45) is 0 Å². The Bertz CT molecular complexity index is 614. The van der Waals surface area contributed by atoms with Crippen LogP contribution < -0.4 is 5.56 Å². The quantitative estimate of drug-likeness (QED) is 0.784. The van der Waals surface area contributed by atoms with Gasteiger partial charge in [0.15, 0.2) is 5.69 Å². The number of hydrogen-bond donors (Lipinski definition) is 1. The van der Waals surface area contributed by atoms with E-state index in [1.807, 2.05) is 0 Å². The van der Waals surface area contributed by atoms with Crippen molar-refractivity contribution in [2.75, 3.05) is 7.11 Å². The highest BCUT2D eigenvalue weighted by molar-refractivity contribution is 5.89. The molecule has 6 heteroatoms. The van der Waals surface area contributed by atoms with E-state index in [1.54, 1.807) is 0 Å². The summed E-state index contributed by atoms with van der Waals surface area (Å²) < 4.78 is 6.14. The maximum atomic E-state index is 12.3. The highest BCUT2D eigenvalue weighted by Crippen LogP contribution is 2.45. The van der Waals surface area contributed by atoms with Crippen molar-refractivity contribution in [2.45, 2.75) is 50.5 Å². The molecule has 0 bridgehead atoms. The van der Waals surface area contributed by atoms with Crippen molar-refractivity contribution >= 4 is 5.97 Å². The number of esters is 1. The van der Waals surface area contributed by atoms with Crippen molar-refractivity contribution in [3.8, 4) is 5.75 Å². The number of fused-ring (bicyclic) bond motifs is 2. The highest BCUT2D eigenvalue weighted by atomic mass is 16.5. The van der Waals surface area contributed by atoms with E-state index in [2.05, 4.69) is 9.72 Å². The number of rotatable bonds is 1. The predicted molar refractivity (Wildman–Crippen MR) is 70.9 cm³/mol. The van der Waals surface area contributed by atoms with Crippen LogP contribution in [-0.2, 0) is 16.7 Å². The molecule has 2 aliphatic rings. The normalized spacial score (nSPS) is 19.9. The first kappa shape index (κ1) is 13.1. The van der Waals surface area contributed by atoms with E-state index in [9.17, 15) is 14.7 Å². The molecular formula is C14H18N2O4. The summed E-state index contributed by atoms with van der Waals surface area (Å²) >= 11 is 0. The molecule has 1 saturated carbocycles. The van der Waals surface area contributed by atoms with Crippen LogP contribution in [0.15, 0.2) is 4.79 Å². The molecule has 1 aromatic heterocycles. The van der Waals surface area contributed by atoms with Crippen molar-refractivity contribution in [1.29, 1.82) is 0 Å². The van der Waals surface area contributed by atoms with Crippen LogP contribution in [0.2, 0.25) is 0 Å². The third kappa shape index (κ3) is 1.74. The Morgan fingerprint density at radius 2 is 1.95 bits per heavy atom. The van der Waals surface area contributed by atoms with Gasteiger partial charge in [-0.2, -0.15) is 0 Å². The Morgan fingerprint density at radius 1 is 1.30 bits per heavy atom. The Hall–Kier alpha value is -1.85. The van der Waals surface area contributed by atoms with Gasteiger partial charge in [0.1, 0.15) is 5.82 Å². The zero-order valence-corrected chi connectivity index (χ0v) is 11.5. The number of methoxy groups -OCH3 is 1. The van der Waals surface area contributed by atoms with Crippen LogP contribution in [0.25, 0.3) is 0 Å². The van der Waals surface area contributed by atoms with E-state index in [0.29, 0.717) is 12.4 Å². The molecule has 1 aliphatic heterocycles. The molecule has 20 heavy (non-hydrogen) atoms. The van der Waals surface area contributed by atoms with Gasteiger partial charge in [0.05, 0.1) is 7.11 Å². The van der Waals surface area contributed by atoms with Gasteiger partial charge in [0, 0.05) is 12.0 Å². The fourth-order valence-electron chi connectivity index (χ4n) is 3.61. The standard InChI is InChI=1S/C14H18N2O4/c1-20-12(19)9-10(17)11(18)16-8-4-7-14(13(16)15-9)5-2-3-6-14/h17H,2-8H2,1H3. The molecule has 6 nitrogen and oxygen atoms in total. The minimum atomic E-state index is -0.762. The summed E-state index contributed by atoms with van der Waals surface area (Å²) in [5, 5.41) is 9.89. The summed E-state index contributed by atoms with van der Waals surface area (Å²) in [6, 6.07) is 0. The summed E-state index contributed by atoms with van der Waals surface area (Å²) in [5.41, 5.74) is -0.883. The third-order valence-electron chi connectivity index (χ3n) is 4.60. The monoisotopic (exact) mass is 278 g/mol. The Balaban J connectivity index is 2.23. The Morgan fingerprint density at radius 3 is 2.60 bits per heavy atom. The smallest absolute Gasteiger partial charge is 0.360 e. The lowest BCUT2D eigenvalue weighted by atomic mass is 9.78. The van der Waals surface area contributed by atoms with Gasteiger partial charge >= 0.3 is 5.97 Å². The first-order valence-corrected chi connectivity index (χ1v) is 7.02. The van der Waals surface area contributed by atoms with E-state index < -0.39 is 17.3 Å². The van der Waals surface area contributed by atoms with Crippen LogP contribution in [0.4, 0.5) is 0 Å². The zero-order chi connectivity index (χ0) is 14.3. The first-order chi connectivity index (χ1) is 9.59. The zero-order valence-electron chi connectivity index (χ0n) is 11.5. The molecule has 0 aromatic carbocycles. The number of hydrogen-bond acceptors (Lipinski definition) is 5. The number of aromatic nitrogens is 2. The Labute approximate surface area is 116 Å². The molecule has 1 fully saturated rings. The minimum Gasteiger partial charge on any atom is -0.501 e. The van der Waals surface area contributed by atoms with E-state index >= 15 is 0 Å². The van der Waals surface area contributed by atoms with Gasteiger partial charge in [-0.3, -0.25) is 9.36 Å². The lowest BCUT2D eigenvalue weighted by Gasteiger charge is -2.35. The van der Waals surface area contributed by atoms with Crippen molar-refractivity contribution in [3.63, 3.8) is 0 Å². The van der Waals surface area contributed by atoms with Crippen LogP contribution in [-0.4, -0.2) is 27.7 Å². The average Bonchev–Trinajstić information content (AvgIpc) is 2.92. The highest BCUT2D eigenvalue weighted by Gasteiger charge is 2.42. The van der Waals surface area contributed by atoms with Crippen LogP contribution in [0.5, 0.6) is 5.75 Å². The summed E-state index contributed by atoms with van der Waals surface area (Å²) in [4.78, 5) is 28.3. The lowest BCUT2D eigenvalue weighted by Crippen LogP contribution is -2.40. The van der Waals surface area contributed by atoms with Gasteiger partial charge < -0.3 is 9.84 Å². The summed E-state index contributed by atoms with van der Waals surface area (Å²) in [5.74, 6) is -0.707. The maximum absolute atomic E-state index is 12.3. The van der Waals surface area contributed by atoms with Gasteiger partial charge in [0.25, 0.3) is 5.56 Å². The summed E-state index contributed by atoms with van der Waals surface area (Å²) in [6.07, 6.45) is 6.11. The fourth-order valence-corrected chi connectivity index (χ4v) is 3.61. The molecule has 0 radical (unpaired) electrons. The fraction of sp³-hybridized carbons (Fsp3) is 0.643. The van der Waals surface area contributed by atoms with Gasteiger partial charge in [-0.05, 0) is 25.7 Å². The topological polar surface area (TPSA) is 81.4 Å². The largest absolute Gasteiger partial charge is 0.501 e. The predicted octanol–water partition coefficient (Wildman–Crippen LogP) is 1.34. The lowest BCUT2D eigenvalue weighted by molar-refractivity contribution is 0.0587. The number of carbonyl (C=O) groups is 1. The van der Waals surface area contributed by atoms with Crippen LogP contribution in [0.1, 0.15) is 54.8 Å². The summed E-state index contributed by atoms with van der Waals surface area (Å²) in [7, 11) is 1.21. The number of ether oxygens (including phenoxy) is 1. The molecule has 0 unspecified atom stereocenters. The van der Waals surface area contributed by atoms with Gasteiger partial charge in [-0.1, -0.05) is 12.8 Å². The first-order valence-electron chi connectivity index (χ1n) is 7.02. The van der Waals surface area contributed by atoms with E-state index in [4.69, 9.17) is 0 Å². The molecule has 1 aliphatic carbocycles. The molecule has 0 saturated heterocycles. The van der Waals surface area contributed by atoms with Crippen LogP contribution in [0.3, 0.4) is 0 Å². The molecule has 1 aromatic rings. The number of nitrogens with zero attached hydrogens (tertiary/aromatic N) is 2.